The van der Waals surface area contributed by atoms with E-state index in [-0.39, 0.29) is 6.09 Å². The average Bonchev–Trinajstić information content (AvgIpc) is 2.63. The molecule has 0 saturated heterocycles. The molecule has 0 radical (unpaired) electrons. The van der Waals surface area contributed by atoms with Gasteiger partial charge in [0, 0.05) is 13.1 Å². The Morgan fingerprint density at radius 1 is 1.62 bits per heavy atom. The maximum Gasteiger partial charge on any atom is 0.409 e. The minimum atomic E-state index is -0.248. The van der Waals surface area contributed by atoms with Crippen molar-refractivity contribution in [1.82, 2.24) is 4.90 Å². The van der Waals surface area contributed by atoms with Gasteiger partial charge >= 0.3 is 6.09 Å². The molecule has 0 aromatic carbocycles. The Balaban J connectivity index is 2.41. The molecular formula is C9H18N2O2. The summed E-state index contributed by atoms with van der Waals surface area (Å²) < 4.78 is 4.65. The molecule has 1 aliphatic carbocycles. The molecule has 13 heavy (non-hydrogen) atoms. The van der Waals surface area contributed by atoms with Gasteiger partial charge in [0.25, 0.3) is 0 Å². The van der Waals surface area contributed by atoms with Gasteiger partial charge in [0.2, 0.25) is 0 Å². The highest BCUT2D eigenvalue weighted by molar-refractivity contribution is 5.67. The number of hydrogen-bond donors (Lipinski definition) is 1. The lowest BCUT2D eigenvalue weighted by atomic mass is 10.1. The quantitative estimate of drug-likeness (QED) is 0.694. The number of carbonyl (C=O) groups excluding carboxylic acids is 1. The van der Waals surface area contributed by atoms with Crippen molar-refractivity contribution in [2.75, 3.05) is 20.7 Å². The molecule has 76 valence electrons. The average molecular weight is 186 g/mol. The Morgan fingerprint density at radius 2 is 2.31 bits per heavy atom. The molecule has 0 aromatic heterocycles. The number of carbonyl (C=O) groups is 1. The monoisotopic (exact) mass is 186 g/mol. The number of rotatable bonds is 2. The van der Waals surface area contributed by atoms with Gasteiger partial charge in [0.05, 0.1) is 7.11 Å². The number of hydrogen-bond acceptors (Lipinski definition) is 3. The third-order valence-corrected chi connectivity index (χ3v) is 2.86. The Bertz CT molecular complexity index is 184. The molecule has 4 heteroatoms. The van der Waals surface area contributed by atoms with Crippen molar-refractivity contribution >= 4 is 6.09 Å². The number of amides is 1. The van der Waals surface area contributed by atoms with Crippen LogP contribution < -0.4 is 5.73 Å². The van der Waals surface area contributed by atoms with E-state index in [1.807, 2.05) is 0 Å². The molecule has 0 spiro atoms. The Morgan fingerprint density at radius 3 is 2.77 bits per heavy atom. The predicted octanol–water partition coefficient (Wildman–Crippen LogP) is 0.812. The number of methoxy groups -OCH3 is 1. The van der Waals surface area contributed by atoms with E-state index in [4.69, 9.17) is 5.73 Å². The first-order chi connectivity index (χ1) is 6.19. The first-order valence-electron chi connectivity index (χ1n) is 4.70. The lowest BCUT2D eigenvalue weighted by Gasteiger charge is -2.22. The highest BCUT2D eigenvalue weighted by Crippen LogP contribution is 2.27. The highest BCUT2D eigenvalue weighted by atomic mass is 16.5. The number of nitrogens with two attached hydrogens (primary N) is 1. The SMILES string of the molecule is COC(=O)N(C)C1CCC(CN)C1. The van der Waals surface area contributed by atoms with Crippen molar-refractivity contribution in [2.45, 2.75) is 25.3 Å². The first kappa shape index (κ1) is 10.3. The molecule has 4 nitrogen and oxygen atoms in total. The second-order valence-corrected chi connectivity index (χ2v) is 3.65. The summed E-state index contributed by atoms with van der Waals surface area (Å²) in [5.74, 6) is 0.581. The molecular weight excluding hydrogens is 168 g/mol. The molecule has 1 fully saturated rings. The third kappa shape index (κ3) is 2.34. The van der Waals surface area contributed by atoms with Crippen LogP contribution in [0, 0.1) is 5.92 Å². The lowest BCUT2D eigenvalue weighted by Crippen LogP contribution is -2.35. The van der Waals surface area contributed by atoms with Crippen molar-refractivity contribution in [1.29, 1.82) is 0 Å². The third-order valence-electron chi connectivity index (χ3n) is 2.86. The number of nitrogens with zero attached hydrogens (tertiary/aromatic N) is 1. The van der Waals surface area contributed by atoms with Gasteiger partial charge in [0.15, 0.2) is 0 Å². The summed E-state index contributed by atoms with van der Waals surface area (Å²) in [5.41, 5.74) is 5.57. The van der Waals surface area contributed by atoms with Gasteiger partial charge in [-0.25, -0.2) is 4.79 Å². The minimum Gasteiger partial charge on any atom is -0.453 e. The van der Waals surface area contributed by atoms with Crippen LogP contribution in [0.15, 0.2) is 0 Å². The fourth-order valence-electron chi connectivity index (χ4n) is 1.91. The van der Waals surface area contributed by atoms with Gasteiger partial charge < -0.3 is 15.4 Å². The zero-order chi connectivity index (χ0) is 9.84. The van der Waals surface area contributed by atoms with Crippen LogP contribution in [0.4, 0.5) is 4.79 Å². The minimum absolute atomic E-state index is 0.248. The second kappa shape index (κ2) is 4.46. The van der Waals surface area contributed by atoms with Crippen molar-refractivity contribution in [3.05, 3.63) is 0 Å². The first-order valence-corrected chi connectivity index (χ1v) is 4.70. The zero-order valence-corrected chi connectivity index (χ0v) is 8.32. The van der Waals surface area contributed by atoms with E-state index in [0.29, 0.717) is 12.0 Å². The van der Waals surface area contributed by atoms with E-state index >= 15 is 0 Å². The Kier molecular flexibility index (Phi) is 3.54. The topological polar surface area (TPSA) is 55.6 Å². The lowest BCUT2D eigenvalue weighted by molar-refractivity contribution is 0.117. The summed E-state index contributed by atoms with van der Waals surface area (Å²) in [7, 11) is 3.20. The van der Waals surface area contributed by atoms with Gasteiger partial charge in [-0.1, -0.05) is 0 Å². The van der Waals surface area contributed by atoms with E-state index in [0.717, 1.165) is 25.8 Å². The van der Waals surface area contributed by atoms with Crippen LogP contribution in [0.25, 0.3) is 0 Å². The van der Waals surface area contributed by atoms with Crippen LogP contribution in [0.5, 0.6) is 0 Å². The number of ether oxygens (including phenoxy) is 1. The van der Waals surface area contributed by atoms with E-state index in [2.05, 4.69) is 4.74 Å². The van der Waals surface area contributed by atoms with Crippen LogP contribution in [0.2, 0.25) is 0 Å². The molecule has 1 aliphatic rings. The molecule has 0 aliphatic heterocycles. The van der Waals surface area contributed by atoms with Crippen LogP contribution in [0.1, 0.15) is 19.3 Å². The molecule has 2 unspecified atom stereocenters. The van der Waals surface area contributed by atoms with Crippen LogP contribution >= 0.6 is 0 Å². The summed E-state index contributed by atoms with van der Waals surface area (Å²) >= 11 is 0. The van der Waals surface area contributed by atoms with Gasteiger partial charge in [-0.05, 0) is 31.7 Å². The molecule has 0 aromatic rings. The fourth-order valence-corrected chi connectivity index (χ4v) is 1.91. The normalized spacial score (nSPS) is 27.3. The predicted molar refractivity (Wildman–Crippen MR) is 50.4 cm³/mol. The van der Waals surface area contributed by atoms with E-state index in [9.17, 15) is 4.79 Å². The Hall–Kier alpha value is -0.770. The van der Waals surface area contributed by atoms with Crippen molar-refractivity contribution in [3.63, 3.8) is 0 Å². The second-order valence-electron chi connectivity index (χ2n) is 3.65. The molecule has 1 saturated carbocycles. The Labute approximate surface area is 79.0 Å². The van der Waals surface area contributed by atoms with Gasteiger partial charge in [0.1, 0.15) is 0 Å². The van der Waals surface area contributed by atoms with Crippen molar-refractivity contribution < 1.29 is 9.53 Å². The molecule has 2 atom stereocenters. The summed E-state index contributed by atoms with van der Waals surface area (Å²) in [6.45, 7) is 0.728. The van der Waals surface area contributed by atoms with Crippen LogP contribution in [-0.4, -0.2) is 37.7 Å². The molecule has 1 rings (SSSR count). The fraction of sp³-hybridized carbons (Fsp3) is 0.889. The molecule has 1 amide bonds. The maximum absolute atomic E-state index is 11.2. The summed E-state index contributed by atoms with van der Waals surface area (Å²) in [4.78, 5) is 12.8. The van der Waals surface area contributed by atoms with Gasteiger partial charge in [-0.2, -0.15) is 0 Å². The standard InChI is InChI=1S/C9H18N2O2/c1-11(9(12)13-2)8-4-3-7(5-8)6-10/h7-8H,3-6,10H2,1-2H3. The van der Waals surface area contributed by atoms with Crippen LogP contribution in [0.3, 0.4) is 0 Å². The smallest absolute Gasteiger partial charge is 0.409 e. The van der Waals surface area contributed by atoms with E-state index in [1.54, 1.807) is 11.9 Å². The molecule has 0 bridgehead atoms. The largest absolute Gasteiger partial charge is 0.453 e. The summed E-state index contributed by atoms with van der Waals surface area (Å²) in [5, 5.41) is 0. The van der Waals surface area contributed by atoms with Gasteiger partial charge in [-0.3, -0.25) is 0 Å². The molecule has 0 heterocycles. The summed E-state index contributed by atoms with van der Waals surface area (Å²) in [6, 6.07) is 0.320. The van der Waals surface area contributed by atoms with E-state index < -0.39 is 0 Å². The van der Waals surface area contributed by atoms with E-state index in [1.165, 1.54) is 7.11 Å². The summed E-state index contributed by atoms with van der Waals surface area (Å²) in [6.07, 6.45) is 2.95. The van der Waals surface area contributed by atoms with Gasteiger partial charge in [-0.15, -0.1) is 0 Å². The molecule has 2 N–H and O–H groups in total. The van der Waals surface area contributed by atoms with Crippen molar-refractivity contribution in [2.24, 2.45) is 11.7 Å². The maximum atomic E-state index is 11.2. The zero-order valence-electron chi connectivity index (χ0n) is 8.32. The highest BCUT2D eigenvalue weighted by Gasteiger charge is 2.29. The van der Waals surface area contributed by atoms with Crippen molar-refractivity contribution in [3.8, 4) is 0 Å². The van der Waals surface area contributed by atoms with Crippen LogP contribution in [-0.2, 0) is 4.74 Å².